The minimum absolute atomic E-state index is 0.120. The zero-order chi connectivity index (χ0) is 7.61. The lowest BCUT2D eigenvalue weighted by molar-refractivity contribution is -0.118. The fourth-order valence-electron chi connectivity index (χ4n) is 1.25. The lowest BCUT2D eigenvalue weighted by atomic mass is 9.95. The van der Waals surface area contributed by atoms with Gasteiger partial charge in [-0.05, 0) is 32.2 Å². The molecular formula is C8H11NO. The third-order valence-corrected chi connectivity index (χ3v) is 2.00. The summed E-state index contributed by atoms with van der Waals surface area (Å²) in [6.07, 6.45) is 6.91. The van der Waals surface area contributed by atoms with Crippen LogP contribution in [0, 0.1) is 12.3 Å². The van der Waals surface area contributed by atoms with Crippen molar-refractivity contribution in [2.75, 3.05) is 6.54 Å². The molecule has 1 saturated heterocycles. The van der Waals surface area contributed by atoms with Gasteiger partial charge < -0.3 is 5.32 Å². The van der Waals surface area contributed by atoms with E-state index in [1.54, 1.807) is 0 Å². The topological polar surface area (TPSA) is 29.1 Å². The van der Waals surface area contributed by atoms with Crippen LogP contribution >= 0.6 is 0 Å². The van der Waals surface area contributed by atoms with E-state index in [0.29, 0.717) is 0 Å². The summed E-state index contributed by atoms with van der Waals surface area (Å²) in [5.41, 5.74) is -0.422. The summed E-state index contributed by atoms with van der Waals surface area (Å²) in [6, 6.07) is 0. The second-order valence-electron chi connectivity index (χ2n) is 2.84. The Morgan fingerprint density at radius 1 is 1.80 bits per heavy atom. The van der Waals surface area contributed by atoms with Crippen molar-refractivity contribution >= 4 is 5.78 Å². The summed E-state index contributed by atoms with van der Waals surface area (Å²) in [6.45, 7) is 2.77. The molecule has 0 aromatic carbocycles. The van der Waals surface area contributed by atoms with Crippen LogP contribution in [-0.4, -0.2) is 17.9 Å². The number of carbonyl (C=O) groups is 1. The first kappa shape index (κ1) is 7.30. The third-order valence-electron chi connectivity index (χ3n) is 2.00. The molecule has 1 aliphatic heterocycles. The number of carbonyl (C=O) groups excluding carboxylic acids is 1. The van der Waals surface area contributed by atoms with E-state index < -0.39 is 5.54 Å². The van der Waals surface area contributed by atoms with Crippen molar-refractivity contribution < 1.29 is 4.79 Å². The van der Waals surface area contributed by atoms with E-state index in [9.17, 15) is 4.79 Å². The van der Waals surface area contributed by atoms with Gasteiger partial charge in [0.25, 0.3) is 0 Å². The summed E-state index contributed by atoms with van der Waals surface area (Å²) in [5, 5.41) is 3.09. The van der Waals surface area contributed by atoms with Crippen molar-refractivity contribution in [2.45, 2.75) is 25.3 Å². The summed E-state index contributed by atoms with van der Waals surface area (Å²) < 4.78 is 0. The summed E-state index contributed by atoms with van der Waals surface area (Å²) in [7, 11) is 0. The Hall–Kier alpha value is -0.810. The molecule has 0 aliphatic carbocycles. The molecule has 1 N–H and O–H groups in total. The van der Waals surface area contributed by atoms with Gasteiger partial charge in [0.1, 0.15) is 0 Å². The Morgan fingerprint density at radius 2 is 2.50 bits per heavy atom. The maximum Gasteiger partial charge on any atom is 0.224 e. The zero-order valence-electron chi connectivity index (χ0n) is 6.11. The standard InChI is InChI=1S/C8H11NO/c1-3-7(10)8(2)5-4-6-9-8/h1,9H,4-6H2,2H3. The SMILES string of the molecule is C#CC(=O)C1(C)CCCN1. The van der Waals surface area contributed by atoms with Gasteiger partial charge >= 0.3 is 0 Å². The second kappa shape index (κ2) is 2.43. The van der Waals surface area contributed by atoms with Gasteiger partial charge in [-0.15, -0.1) is 6.42 Å². The van der Waals surface area contributed by atoms with Gasteiger partial charge in [-0.2, -0.15) is 0 Å². The fourth-order valence-corrected chi connectivity index (χ4v) is 1.25. The molecule has 0 aromatic rings. The predicted octanol–water partition coefficient (Wildman–Crippen LogP) is 0.331. The number of rotatable bonds is 1. The van der Waals surface area contributed by atoms with Crippen LogP contribution in [-0.2, 0) is 4.79 Å². The van der Waals surface area contributed by atoms with Crippen molar-refractivity contribution in [3.05, 3.63) is 0 Å². The van der Waals surface area contributed by atoms with Crippen molar-refractivity contribution in [1.82, 2.24) is 5.32 Å². The number of terminal acetylenes is 1. The van der Waals surface area contributed by atoms with Crippen LogP contribution in [0.1, 0.15) is 19.8 Å². The molecule has 0 spiro atoms. The van der Waals surface area contributed by atoms with Gasteiger partial charge in [-0.1, -0.05) is 0 Å². The van der Waals surface area contributed by atoms with E-state index in [-0.39, 0.29) is 5.78 Å². The molecule has 1 heterocycles. The van der Waals surface area contributed by atoms with E-state index in [1.165, 1.54) is 0 Å². The van der Waals surface area contributed by atoms with Crippen LogP contribution in [0.25, 0.3) is 0 Å². The molecule has 1 fully saturated rings. The molecule has 0 amide bonds. The van der Waals surface area contributed by atoms with Crippen LogP contribution in [0.5, 0.6) is 0 Å². The van der Waals surface area contributed by atoms with E-state index in [1.807, 2.05) is 6.92 Å². The lowest BCUT2D eigenvalue weighted by Gasteiger charge is -2.18. The summed E-state index contributed by atoms with van der Waals surface area (Å²) in [4.78, 5) is 11.0. The highest BCUT2D eigenvalue weighted by Crippen LogP contribution is 2.18. The molecule has 1 rings (SSSR count). The maximum atomic E-state index is 11.0. The molecule has 10 heavy (non-hydrogen) atoms. The molecule has 0 saturated carbocycles. The molecule has 0 bridgehead atoms. The van der Waals surface area contributed by atoms with E-state index >= 15 is 0 Å². The van der Waals surface area contributed by atoms with Crippen LogP contribution in [0.4, 0.5) is 0 Å². The minimum atomic E-state index is -0.422. The first-order valence-corrected chi connectivity index (χ1v) is 3.45. The van der Waals surface area contributed by atoms with E-state index in [4.69, 9.17) is 6.42 Å². The molecule has 0 aromatic heterocycles. The Bertz CT molecular complexity index is 184. The van der Waals surface area contributed by atoms with Crippen LogP contribution in [0.3, 0.4) is 0 Å². The average Bonchev–Trinajstić information content (AvgIpc) is 2.36. The van der Waals surface area contributed by atoms with Crippen LogP contribution in [0.2, 0.25) is 0 Å². The molecule has 2 nitrogen and oxygen atoms in total. The van der Waals surface area contributed by atoms with Crippen molar-refractivity contribution in [3.8, 4) is 12.3 Å². The maximum absolute atomic E-state index is 11.0. The Morgan fingerprint density at radius 3 is 2.90 bits per heavy atom. The molecular weight excluding hydrogens is 126 g/mol. The molecule has 2 heteroatoms. The van der Waals surface area contributed by atoms with Gasteiger partial charge in [0.15, 0.2) is 0 Å². The van der Waals surface area contributed by atoms with Crippen LogP contribution in [0.15, 0.2) is 0 Å². The van der Waals surface area contributed by atoms with Gasteiger partial charge in [0, 0.05) is 0 Å². The number of hydrogen-bond acceptors (Lipinski definition) is 2. The molecule has 1 unspecified atom stereocenters. The van der Waals surface area contributed by atoms with Gasteiger partial charge in [-0.3, -0.25) is 4.79 Å². The first-order valence-electron chi connectivity index (χ1n) is 3.45. The lowest BCUT2D eigenvalue weighted by Crippen LogP contribution is -2.43. The van der Waals surface area contributed by atoms with E-state index in [2.05, 4.69) is 11.2 Å². The van der Waals surface area contributed by atoms with Crippen LogP contribution < -0.4 is 5.32 Å². The smallest absolute Gasteiger partial charge is 0.224 e. The number of ketones is 1. The predicted molar refractivity (Wildman–Crippen MR) is 39.5 cm³/mol. The third kappa shape index (κ3) is 1.05. The molecule has 0 radical (unpaired) electrons. The Balaban J connectivity index is 2.69. The zero-order valence-corrected chi connectivity index (χ0v) is 6.11. The fraction of sp³-hybridized carbons (Fsp3) is 0.625. The minimum Gasteiger partial charge on any atom is -0.304 e. The number of hydrogen-bond donors (Lipinski definition) is 1. The van der Waals surface area contributed by atoms with Gasteiger partial charge in [0.2, 0.25) is 5.78 Å². The highest BCUT2D eigenvalue weighted by atomic mass is 16.1. The average molecular weight is 137 g/mol. The summed E-state index contributed by atoms with van der Waals surface area (Å²) in [5.74, 6) is 2.03. The quantitative estimate of drug-likeness (QED) is 0.417. The number of Topliss-reactive ketones (excluding diaryl/α,β-unsaturated/α-hetero) is 1. The van der Waals surface area contributed by atoms with Crippen molar-refractivity contribution in [1.29, 1.82) is 0 Å². The molecule has 1 aliphatic rings. The van der Waals surface area contributed by atoms with Gasteiger partial charge in [-0.25, -0.2) is 0 Å². The molecule has 54 valence electrons. The van der Waals surface area contributed by atoms with Crippen molar-refractivity contribution in [3.63, 3.8) is 0 Å². The highest BCUT2D eigenvalue weighted by molar-refractivity contribution is 6.02. The normalized spacial score (nSPS) is 31.6. The molecule has 1 atom stereocenters. The highest BCUT2D eigenvalue weighted by Gasteiger charge is 2.34. The van der Waals surface area contributed by atoms with Crippen molar-refractivity contribution in [2.24, 2.45) is 0 Å². The first-order chi connectivity index (χ1) is 4.69. The monoisotopic (exact) mass is 137 g/mol. The Kier molecular flexibility index (Phi) is 1.78. The Labute approximate surface area is 61.0 Å². The van der Waals surface area contributed by atoms with E-state index in [0.717, 1.165) is 19.4 Å². The largest absolute Gasteiger partial charge is 0.304 e. The number of nitrogens with one attached hydrogen (secondary N) is 1. The summed E-state index contributed by atoms with van der Waals surface area (Å²) >= 11 is 0. The second-order valence-corrected chi connectivity index (χ2v) is 2.84. The van der Waals surface area contributed by atoms with Gasteiger partial charge in [0.05, 0.1) is 5.54 Å².